The number of nitrogens with one attached hydrogen (secondary N) is 4. The van der Waals surface area contributed by atoms with Crippen LogP contribution < -0.4 is 21.3 Å². The summed E-state index contributed by atoms with van der Waals surface area (Å²) in [6.45, 7) is 0. The highest BCUT2D eigenvalue weighted by atomic mass is 79.9. The quantitative estimate of drug-likeness (QED) is 0.165. The van der Waals surface area contributed by atoms with E-state index in [-0.39, 0.29) is 0 Å². The molecule has 0 amide bonds. The molecule has 5 fully saturated rings. The Kier molecular flexibility index (Phi) is 10.9. The molecule has 5 aliphatic heterocycles. The molecule has 0 aromatic heterocycles. The molecule has 8 heteroatoms. The minimum Gasteiger partial charge on any atom is -0.310 e. The summed E-state index contributed by atoms with van der Waals surface area (Å²) in [4.78, 5) is 0. The summed E-state index contributed by atoms with van der Waals surface area (Å²) in [6, 6.07) is 40.3. The van der Waals surface area contributed by atoms with Crippen LogP contribution in [-0.2, 0) is 0 Å². The van der Waals surface area contributed by atoms with Crippen LogP contribution in [0.1, 0.15) is 97.3 Å². The second-order valence-electron chi connectivity index (χ2n) is 16.1. The fourth-order valence-electron chi connectivity index (χ4n) is 11.2. The average Bonchev–Trinajstić information content (AvgIpc) is 3.99. The third-order valence-corrected chi connectivity index (χ3v) is 15.5. The normalized spacial score (nSPS) is 35.9. The summed E-state index contributed by atoms with van der Waals surface area (Å²) in [5.41, 5.74) is 5.82. The third kappa shape index (κ3) is 7.34. The summed E-state index contributed by atoms with van der Waals surface area (Å²) in [7, 11) is 0. The Bertz CT molecular complexity index is 1510. The Labute approximate surface area is 343 Å². The number of hydrogen-bond acceptors (Lipinski definition) is 4. The lowest BCUT2D eigenvalue weighted by Gasteiger charge is -2.37. The van der Waals surface area contributed by atoms with Crippen molar-refractivity contribution in [1.29, 1.82) is 0 Å². The van der Waals surface area contributed by atoms with E-state index in [9.17, 15) is 0 Å². The van der Waals surface area contributed by atoms with Crippen molar-refractivity contribution in [2.75, 3.05) is 0 Å². The molecule has 5 aliphatic rings. The number of benzene rings is 4. The van der Waals surface area contributed by atoms with Crippen molar-refractivity contribution in [3.63, 3.8) is 0 Å². The molecule has 0 radical (unpaired) electrons. The number of hydrogen-bond donors (Lipinski definition) is 4. The van der Waals surface area contributed by atoms with Gasteiger partial charge in [0.2, 0.25) is 0 Å². The van der Waals surface area contributed by atoms with Crippen LogP contribution in [0.25, 0.3) is 0 Å². The highest BCUT2D eigenvalue weighted by Crippen LogP contribution is 2.46. The molecular weight excluding hydrogens is 904 g/mol. The zero-order valence-electron chi connectivity index (χ0n) is 29.3. The molecule has 5 saturated heterocycles. The summed E-state index contributed by atoms with van der Waals surface area (Å²) in [5, 5.41) is 17.5. The van der Waals surface area contributed by atoms with Crippen molar-refractivity contribution in [2.45, 2.75) is 123 Å². The van der Waals surface area contributed by atoms with Gasteiger partial charge in [0.05, 0.1) is 0 Å². The van der Waals surface area contributed by atoms with Crippen LogP contribution in [0.2, 0.25) is 0 Å². The molecule has 4 aromatic carbocycles. The van der Waals surface area contributed by atoms with Crippen LogP contribution in [0, 0.1) is 0 Å². The van der Waals surface area contributed by atoms with Crippen molar-refractivity contribution in [2.24, 2.45) is 0 Å². The highest BCUT2D eigenvalue weighted by Gasteiger charge is 2.49. The topological polar surface area (TPSA) is 48.1 Å². The Hall–Kier alpha value is -1.36. The molecule has 8 atom stereocenters. The highest BCUT2D eigenvalue weighted by molar-refractivity contribution is 9.11. The van der Waals surface area contributed by atoms with Gasteiger partial charge in [0.15, 0.2) is 0 Å². The van der Waals surface area contributed by atoms with Gasteiger partial charge in [0.25, 0.3) is 0 Å². The van der Waals surface area contributed by atoms with E-state index >= 15 is 0 Å². The van der Waals surface area contributed by atoms with Gasteiger partial charge in [-0.1, -0.05) is 112 Å². The van der Waals surface area contributed by atoms with Crippen LogP contribution in [0.3, 0.4) is 0 Å². The van der Waals surface area contributed by atoms with Crippen molar-refractivity contribution in [1.82, 2.24) is 21.3 Å². The third-order valence-electron chi connectivity index (χ3n) is 13.4. The van der Waals surface area contributed by atoms with Gasteiger partial charge in [0, 0.05) is 89.9 Å². The second-order valence-corrected chi connectivity index (χ2v) is 19.8. The summed E-state index contributed by atoms with van der Waals surface area (Å²) >= 11 is 14.9. The molecule has 4 aromatic rings. The van der Waals surface area contributed by atoms with Crippen molar-refractivity contribution in [3.05, 3.63) is 137 Å². The maximum absolute atomic E-state index is 4.37. The maximum Gasteiger partial charge on any atom is 0.0175 e. The Morgan fingerprint density at radius 3 is 0.577 bits per heavy atom. The van der Waals surface area contributed by atoms with E-state index in [1.807, 2.05) is 0 Å². The predicted molar refractivity (Wildman–Crippen MR) is 227 cm³/mol. The first-order chi connectivity index (χ1) is 25.4. The fraction of sp³-hybridized carbons (Fsp3) is 0.455. The molecule has 9 rings (SSSR count). The maximum atomic E-state index is 4.37. The van der Waals surface area contributed by atoms with Gasteiger partial charge in [0.1, 0.15) is 0 Å². The van der Waals surface area contributed by atoms with Gasteiger partial charge >= 0.3 is 0 Å². The van der Waals surface area contributed by atoms with Crippen molar-refractivity contribution < 1.29 is 0 Å². The summed E-state index contributed by atoms with van der Waals surface area (Å²) in [6.07, 6.45) is 9.57. The smallest absolute Gasteiger partial charge is 0.0175 e. The van der Waals surface area contributed by atoms with E-state index in [0.717, 1.165) is 17.9 Å². The zero-order chi connectivity index (χ0) is 35.3. The molecule has 5 heterocycles. The van der Waals surface area contributed by atoms with Crippen LogP contribution in [0.4, 0.5) is 0 Å². The van der Waals surface area contributed by atoms with E-state index in [4.69, 9.17) is 0 Å². The lowest BCUT2D eigenvalue weighted by atomic mass is 9.83. The van der Waals surface area contributed by atoms with E-state index in [1.165, 1.54) is 73.6 Å². The molecule has 8 bridgehead atoms. The van der Waals surface area contributed by atoms with E-state index < -0.39 is 0 Å². The molecule has 4 nitrogen and oxygen atoms in total. The van der Waals surface area contributed by atoms with Crippen molar-refractivity contribution >= 4 is 63.7 Å². The monoisotopic (exact) mass is 948 g/mol. The fourth-order valence-corrected chi connectivity index (χ4v) is 12.2. The minimum absolute atomic E-state index is 0.405. The second kappa shape index (κ2) is 15.6. The lowest BCUT2D eigenvalue weighted by Crippen LogP contribution is -2.51. The minimum atomic E-state index is 0.405. The SMILES string of the molecule is Brc1ccc(C2C3CCC(N3)C(c3ccc(Br)cc3)C3CCC(N3)C(c3ccc(Br)cc3)C3CCC(N3)C(c3ccc(Br)cc3)C3CCC2N3)cc1. The Balaban J connectivity index is 1.14. The average molecular weight is 953 g/mol. The zero-order valence-corrected chi connectivity index (χ0v) is 35.7. The molecule has 0 saturated carbocycles. The molecule has 272 valence electrons. The molecule has 0 spiro atoms. The first-order valence-electron chi connectivity index (χ1n) is 19.4. The van der Waals surface area contributed by atoms with Gasteiger partial charge in [-0.05, 0) is 122 Å². The van der Waals surface area contributed by atoms with Gasteiger partial charge in [-0.2, -0.15) is 0 Å². The molecule has 52 heavy (non-hydrogen) atoms. The number of halogens is 4. The largest absolute Gasteiger partial charge is 0.310 e. The van der Waals surface area contributed by atoms with Gasteiger partial charge in [-0.25, -0.2) is 0 Å². The van der Waals surface area contributed by atoms with E-state index in [2.05, 4.69) is 182 Å². The lowest BCUT2D eigenvalue weighted by molar-refractivity contribution is 0.305. The first-order valence-corrected chi connectivity index (χ1v) is 22.6. The number of rotatable bonds is 4. The van der Waals surface area contributed by atoms with E-state index in [1.54, 1.807) is 0 Å². The van der Waals surface area contributed by atoms with Crippen LogP contribution in [0.15, 0.2) is 115 Å². The number of fused-ring (bicyclic) bond motifs is 8. The predicted octanol–water partition coefficient (Wildman–Crippen LogP) is 10.7. The van der Waals surface area contributed by atoms with Gasteiger partial charge in [-0.15, -0.1) is 0 Å². The standard InChI is InChI=1S/C44H48Br4N4/c45-29-9-1-25(2-10-29)41-33-17-19-35(49-33)42(26-3-11-30(46)12-4-26)37-21-23-39(51-37)44(28-7-15-32(48)16-8-28)40-24-22-38(52-40)43(36-20-18-34(41)50-36)27-5-13-31(47)14-6-27/h1-16,33-44,49-52H,17-24H2. The van der Waals surface area contributed by atoms with E-state index in [0.29, 0.717) is 72.0 Å². The van der Waals surface area contributed by atoms with Gasteiger partial charge in [-0.3, -0.25) is 0 Å². The molecule has 4 N–H and O–H groups in total. The summed E-state index contributed by atoms with van der Waals surface area (Å²) < 4.78 is 4.59. The van der Waals surface area contributed by atoms with Crippen molar-refractivity contribution in [3.8, 4) is 0 Å². The molecule has 0 aliphatic carbocycles. The Morgan fingerprint density at radius 1 is 0.269 bits per heavy atom. The van der Waals surface area contributed by atoms with Crippen LogP contribution >= 0.6 is 63.7 Å². The van der Waals surface area contributed by atoms with Gasteiger partial charge < -0.3 is 21.3 Å². The molecular formula is C44H48Br4N4. The first kappa shape index (κ1) is 36.3. The Morgan fingerprint density at radius 2 is 0.423 bits per heavy atom. The molecule has 8 unspecified atom stereocenters. The van der Waals surface area contributed by atoms with Crippen LogP contribution in [0.5, 0.6) is 0 Å². The summed E-state index contributed by atoms with van der Waals surface area (Å²) in [5.74, 6) is 1.62. The van der Waals surface area contributed by atoms with Crippen LogP contribution in [-0.4, -0.2) is 48.3 Å².